The van der Waals surface area contributed by atoms with Crippen molar-refractivity contribution in [3.8, 4) is 5.75 Å². The van der Waals surface area contributed by atoms with Crippen molar-refractivity contribution in [3.63, 3.8) is 0 Å². The molecule has 0 unspecified atom stereocenters. The van der Waals surface area contributed by atoms with Gasteiger partial charge in [-0.15, -0.1) is 0 Å². The van der Waals surface area contributed by atoms with Crippen molar-refractivity contribution in [1.82, 2.24) is 9.88 Å². The second-order valence-electron chi connectivity index (χ2n) is 8.36. The van der Waals surface area contributed by atoms with Gasteiger partial charge in [0.05, 0.1) is 23.2 Å². The third-order valence-electron chi connectivity index (χ3n) is 5.90. The predicted molar refractivity (Wildman–Crippen MR) is 120 cm³/mol. The Morgan fingerprint density at radius 3 is 2.29 bits per heavy atom. The zero-order valence-corrected chi connectivity index (χ0v) is 19.6. The molecule has 1 aromatic heterocycles. The summed E-state index contributed by atoms with van der Waals surface area (Å²) in [4.78, 5) is 32.0. The molecule has 0 aliphatic carbocycles. The lowest BCUT2D eigenvalue weighted by molar-refractivity contribution is -0.123. The Kier molecular flexibility index (Phi) is 5.75. The quantitative estimate of drug-likeness (QED) is 0.478. The number of hydrogen-bond donors (Lipinski definition) is 0. The van der Waals surface area contributed by atoms with Gasteiger partial charge in [-0.1, -0.05) is 0 Å². The van der Waals surface area contributed by atoms with Crippen LogP contribution in [-0.4, -0.2) is 48.4 Å². The van der Waals surface area contributed by atoms with Crippen LogP contribution in [0.5, 0.6) is 5.75 Å². The number of fused-ring (bicyclic) bond motifs is 1. The molecule has 35 heavy (non-hydrogen) atoms. The fourth-order valence-corrected chi connectivity index (χ4v) is 4.62. The highest BCUT2D eigenvalue weighted by Crippen LogP contribution is 2.36. The number of nitrogens with zero attached hydrogens (tertiary/aromatic N) is 3. The third kappa shape index (κ3) is 3.97. The van der Waals surface area contributed by atoms with Gasteiger partial charge in [-0.2, -0.15) is 13.2 Å². The first kappa shape index (κ1) is 24.5. The predicted octanol–water partition coefficient (Wildman–Crippen LogP) is 4.28. The Morgan fingerprint density at radius 2 is 1.69 bits per heavy atom. The van der Waals surface area contributed by atoms with Crippen molar-refractivity contribution >= 4 is 38.4 Å². The summed E-state index contributed by atoms with van der Waals surface area (Å²) in [6.45, 7) is 3.17. The molecule has 0 N–H and O–H groups in total. The molecule has 1 fully saturated rings. The molecule has 2 heterocycles. The average Bonchev–Trinajstić information content (AvgIpc) is 2.97. The molecule has 1 aliphatic heterocycles. The van der Waals surface area contributed by atoms with Gasteiger partial charge in [0.1, 0.15) is 11.3 Å². The Hall–Kier alpha value is -3.67. The van der Waals surface area contributed by atoms with E-state index in [1.165, 1.54) is 12.0 Å². The fraction of sp³-hybridized carbons (Fsp3) is 0.261. The van der Waals surface area contributed by atoms with Crippen LogP contribution in [-0.2, 0) is 21.2 Å². The molecule has 0 radical (unpaired) electrons. The number of sulfone groups is 1. The second-order valence-corrected chi connectivity index (χ2v) is 10.3. The van der Waals surface area contributed by atoms with Crippen LogP contribution in [0.25, 0.3) is 10.9 Å². The van der Waals surface area contributed by atoms with Gasteiger partial charge in [-0.25, -0.2) is 18.1 Å². The van der Waals surface area contributed by atoms with Crippen LogP contribution < -0.4 is 9.64 Å². The summed E-state index contributed by atoms with van der Waals surface area (Å²) in [6, 6.07) is 9.76. The molecule has 3 amide bonds. The lowest BCUT2D eigenvalue weighted by Gasteiger charge is -2.28. The van der Waals surface area contributed by atoms with E-state index in [4.69, 9.17) is 4.74 Å². The number of methoxy groups -OCH3 is 1. The largest absolute Gasteiger partial charge is 0.501 e. The number of benzene rings is 2. The molecule has 12 heteroatoms. The minimum atomic E-state index is -5.56. The van der Waals surface area contributed by atoms with Crippen LogP contribution in [0.1, 0.15) is 19.4 Å². The molecule has 2 aromatic carbocycles. The molecule has 0 spiro atoms. The number of anilines is 1. The lowest BCUT2D eigenvalue weighted by Crippen LogP contribution is -2.43. The maximum atomic E-state index is 13.3. The monoisotopic (exact) mass is 507 g/mol. The smallest absolute Gasteiger partial charge is 0.497 e. The van der Waals surface area contributed by atoms with Gasteiger partial charge in [-0.3, -0.25) is 9.78 Å². The van der Waals surface area contributed by atoms with E-state index in [9.17, 15) is 31.2 Å². The van der Waals surface area contributed by atoms with Gasteiger partial charge in [0.25, 0.3) is 15.7 Å². The van der Waals surface area contributed by atoms with Crippen molar-refractivity contribution < 1.29 is 35.9 Å². The number of halogens is 3. The molecular weight excluding hydrogens is 487 g/mol. The van der Waals surface area contributed by atoms with Gasteiger partial charge in [0.2, 0.25) is 0 Å². The van der Waals surface area contributed by atoms with Crippen molar-refractivity contribution in [2.75, 3.05) is 12.0 Å². The summed E-state index contributed by atoms with van der Waals surface area (Å²) < 4.78 is 67.0. The van der Waals surface area contributed by atoms with Crippen LogP contribution >= 0.6 is 0 Å². The maximum Gasteiger partial charge on any atom is 0.501 e. The van der Waals surface area contributed by atoms with E-state index in [2.05, 4.69) is 4.98 Å². The summed E-state index contributed by atoms with van der Waals surface area (Å²) in [7, 11) is -4.03. The standard InChI is InChI=1S/C23H20F3N3O5S/c1-22(2)20(30)29(15-4-7-17(8-5-15)35(32,33)23(24,25)26)21(31)28(22)13-14-10-11-27-19-12-16(34-3)6-9-18(14)19/h4-12H,13H2,1-3H3. The summed E-state index contributed by atoms with van der Waals surface area (Å²) in [5, 5.41) is 0.754. The number of hydrogen-bond acceptors (Lipinski definition) is 6. The molecule has 0 atom stereocenters. The number of carbonyl (C=O) groups excluding carboxylic acids is 2. The number of alkyl halides is 3. The zero-order chi connectivity index (χ0) is 25.8. The van der Waals surface area contributed by atoms with Gasteiger partial charge in [-0.05, 0) is 61.9 Å². The van der Waals surface area contributed by atoms with Crippen LogP contribution in [0.3, 0.4) is 0 Å². The van der Waals surface area contributed by atoms with Crippen LogP contribution in [0.2, 0.25) is 0 Å². The SMILES string of the molecule is COc1ccc2c(CN3C(=O)N(c4ccc(S(=O)(=O)C(F)(F)F)cc4)C(=O)C3(C)C)ccnc2c1. The molecule has 184 valence electrons. The number of amides is 3. The van der Waals surface area contributed by atoms with E-state index in [-0.39, 0.29) is 12.2 Å². The van der Waals surface area contributed by atoms with E-state index >= 15 is 0 Å². The lowest BCUT2D eigenvalue weighted by atomic mass is 10.0. The van der Waals surface area contributed by atoms with E-state index < -0.39 is 37.7 Å². The van der Waals surface area contributed by atoms with E-state index in [0.29, 0.717) is 11.3 Å². The summed E-state index contributed by atoms with van der Waals surface area (Å²) in [5.41, 5.74) is -5.43. The van der Waals surface area contributed by atoms with Crippen molar-refractivity contribution in [3.05, 3.63) is 60.3 Å². The number of ether oxygens (including phenoxy) is 1. The highest BCUT2D eigenvalue weighted by Gasteiger charge is 2.52. The molecular formula is C23H20F3N3O5S. The average molecular weight is 507 g/mol. The Morgan fingerprint density at radius 1 is 1.03 bits per heavy atom. The van der Waals surface area contributed by atoms with Crippen molar-refractivity contribution in [1.29, 1.82) is 0 Å². The second kappa shape index (κ2) is 8.22. The number of pyridine rings is 1. The number of carbonyl (C=O) groups is 2. The summed E-state index contributed by atoms with van der Waals surface area (Å²) >= 11 is 0. The summed E-state index contributed by atoms with van der Waals surface area (Å²) in [6.07, 6.45) is 1.57. The molecule has 0 saturated carbocycles. The molecule has 1 saturated heterocycles. The molecule has 4 rings (SSSR count). The van der Waals surface area contributed by atoms with Gasteiger partial charge in [0.15, 0.2) is 0 Å². The number of rotatable bonds is 5. The highest BCUT2D eigenvalue weighted by molar-refractivity contribution is 7.92. The van der Waals surface area contributed by atoms with Crippen LogP contribution in [0, 0.1) is 0 Å². The maximum absolute atomic E-state index is 13.3. The highest BCUT2D eigenvalue weighted by atomic mass is 32.2. The van der Waals surface area contributed by atoms with Gasteiger partial charge >= 0.3 is 11.5 Å². The first-order valence-electron chi connectivity index (χ1n) is 10.3. The van der Waals surface area contributed by atoms with Crippen molar-refractivity contribution in [2.24, 2.45) is 0 Å². The normalized spacial score (nSPS) is 16.3. The zero-order valence-electron chi connectivity index (χ0n) is 18.8. The van der Waals surface area contributed by atoms with Crippen molar-refractivity contribution in [2.45, 2.75) is 36.3 Å². The Labute approximate surface area is 198 Å². The molecule has 1 aliphatic rings. The topological polar surface area (TPSA) is 96.9 Å². The number of urea groups is 1. The Balaban J connectivity index is 1.68. The van der Waals surface area contributed by atoms with Gasteiger partial charge < -0.3 is 9.64 Å². The van der Waals surface area contributed by atoms with E-state index in [0.717, 1.165) is 40.1 Å². The van der Waals surface area contributed by atoms with E-state index in [1.807, 2.05) is 0 Å². The van der Waals surface area contributed by atoms with Crippen LogP contribution in [0.4, 0.5) is 23.7 Å². The fourth-order valence-electron chi connectivity index (χ4n) is 3.86. The Bertz CT molecular complexity index is 1440. The minimum Gasteiger partial charge on any atom is -0.497 e. The third-order valence-corrected chi connectivity index (χ3v) is 7.40. The molecule has 8 nitrogen and oxygen atoms in total. The van der Waals surface area contributed by atoms with Gasteiger partial charge in [0, 0.05) is 24.2 Å². The minimum absolute atomic E-state index is 0.0407. The first-order valence-corrected chi connectivity index (χ1v) is 11.8. The summed E-state index contributed by atoms with van der Waals surface area (Å²) in [5.74, 6) is 0.00558. The molecule has 3 aromatic rings. The first-order chi connectivity index (χ1) is 16.3. The number of aromatic nitrogens is 1. The van der Waals surface area contributed by atoms with E-state index in [1.54, 1.807) is 44.3 Å². The molecule has 0 bridgehead atoms. The van der Waals surface area contributed by atoms with Crippen LogP contribution in [0.15, 0.2) is 59.6 Å². The number of imide groups is 1.